The monoisotopic (exact) mass is 285 g/mol. The van der Waals surface area contributed by atoms with Gasteiger partial charge in [0, 0.05) is 18.5 Å². The summed E-state index contributed by atoms with van der Waals surface area (Å²) in [5, 5.41) is 7.78. The number of likely N-dealkylation sites (N-methyl/N-ethyl adjacent to an activating group) is 1. The molecule has 0 aliphatic rings. The van der Waals surface area contributed by atoms with Gasteiger partial charge in [-0.15, -0.1) is 11.3 Å². The first kappa shape index (κ1) is 15.9. The normalized spacial score (nSPS) is 14.2. The van der Waals surface area contributed by atoms with Gasteiger partial charge in [0.15, 0.2) is 0 Å². The Morgan fingerprint density at radius 1 is 1.53 bits per heavy atom. The van der Waals surface area contributed by atoms with E-state index in [1.54, 1.807) is 18.4 Å². The van der Waals surface area contributed by atoms with E-state index < -0.39 is 0 Å². The smallest absolute Gasteiger partial charge is 0.315 e. The number of nitrogens with one attached hydrogen (secondary N) is 2. The molecule has 5 nitrogen and oxygen atoms in total. The highest BCUT2D eigenvalue weighted by Crippen LogP contribution is 2.22. The van der Waals surface area contributed by atoms with Crippen LogP contribution >= 0.6 is 11.3 Å². The van der Waals surface area contributed by atoms with E-state index in [0.29, 0.717) is 13.2 Å². The van der Waals surface area contributed by atoms with E-state index in [4.69, 9.17) is 4.74 Å². The molecule has 0 aliphatic carbocycles. The number of carbonyl (C=O) groups is 1. The zero-order valence-electron chi connectivity index (χ0n) is 12.0. The fourth-order valence-corrected chi connectivity index (χ4v) is 2.70. The fourth-order valence-electron chi connectivity index (χ4n) is 1.77. The highest BCUT2D eigenvalue weighted by molar-refractivity contribution is 7.10. The highest BCUT2D eigenvalue weighted by Gasteiger charge is 2.16. The molecule has 2 atom stereocenters. The number of urea groups is 1. The van der Waals surface area contributed by atoms with E-state index in [0.717, 1.165) is 0 Å². The summed E-state index contributed by atoms with van der Waals surface area (Å²) >= 11 is 1.70. The number of methoxy groups -OCH3 is 1. The number of ether oxygens (including phenoxy) is 1. The van der Waals surface area contributed by atoms with Crippen LogP contribution in [0.4, 0.5) is 4.79 Å². The number of carbonyl (C=O) groups excluding carboxylic acids is 1. The molecule has 0 fully saturated rings. The number of amides is 2. The lowest BCUT2D eigenvalue weighted by Gasteiger charge is -2.24. The van der Waals surface area contributed by atoms with E-state index in [-0.39, 0.29) is 18.1 Å². The molecule has 1 aromatic rings. The van der Waals surface area contributed by atoms with Crippen LogP contribution in [0.2, 0.25) is 0 Å². The van der Waals surface area contributed by atoms with Gasteiger partial charge < -0.3 is 20.3 Å². The van der Waals surface area contributed by atoms with Gasteiger partial charge in [0.1, 0.15) is 0 Å². The van der Waals surface area contributed by atoms with Gasteiger partial charge in [-0.25, -0.2) is 4.79 Å². The van der Waals surface area contributed by atoms with Crippen molar-refractivity contribution in [3.8, 4) is 0 Å². The maximum atomic E-state index is 11.7. The molecule has 1 heterocycles. The third-order valence-corrected chi connectivity index (χ3v) is 3.72. The number of nitrogens with zero attached hydrogens (tertiary/aromatic N) is 1. The van der Waals surface area contributed by atoms with Crippen molar-refractivity contribution in [1.29, 1.82) is 0 Å². The van der Waals surface area contributed by atoms with E-state index in [2.05, 4.69) is 21.6 Å². The minimum atomic E-state index is -0.159. The highest BCUT2D eigenvalue weighted by atomic mass is 32.1. The van der Waals surface area contributed by atoms with Gasteiger partial charge in [0.2, 0.25) is 0 Å². The summed E-state index contributed by atoms with van der Waals surface area (Å²) in [6, 6.07) is 4.15. The van der Waals surface area contributed by atoms with Crippen molar-refractivity contribution in [2.24, 2.45) is 0 Å². The van der Waals surface area contributed by atoms with Crippen molar-refractivity contribution < 1.29 is 9.53 Å². The Kier molecular flexibility index (Phi) is 6.83. The fraction of sp³-hybridized carbons (Fsp3) is 0.615. The van der Waals surface area contributed by atoms with Crippen LogP contribution in [0.1, 0.15) is 17.8 Å². The third kappa shape index (κ3) is 5.59. The Bertz CT molecular complexity index is 368. The van der Waals surface area contributed by atoms with E-state index >= 15 is 0 Å². The summed E-state index contributed by atoms with van der Waals surface area (Å²) in [6.45, 7) is 3.00. The Morgan fingerprint density at radius 2 is 2.26 bits per heavy atom. The maximum absolute atomic E-state index is 11.7. The van der Waals surface area contributed by atoms with Crippen molar-refractivity contribution >= 4 is 17.4 Å². The SMILES string of the molecule is COCC(C)NC(=O)NCC(c1cccs1)N(C)C. The average molecular weight is 285 g/mol. The Morgan fingerprint density at radius 3 is 2.79 bits per heavy atom. The van der Waals surface area contributed by atoms with Gasteiger partial charge in [-0.3, -0.25) is 0 Å². The summed E-state index contributed by atoms with van der Waals surface area (Å²) in [6.07, 6.45) is 0. The van der Waals surface area contributed by atoms with Crippen LogP contribution in [0.15, 0.2) is 17.5 Å². The van der Waals surface area contributed by atoms with Gasteiger partial charge in [-0.2, -0.15) is 0 Å². The van der Waals surface area contributed by atoms with Gasteiger partial charge >= 0.3 is 6.03 Å². The molecule has 1 aromatic heterocycles. The Hall–Kier alpha value is -1.11. The van der Waals surface area contributed by atoms with Gasteiger partial charge in [-0.1, -0.05) is 6.07 Å². The quantitative estimate of drug-likeness (QED) is 0.801. The molecule has 0 aromatic carbocycles. The number of hydrogen-bond donors (Lipinski definition) is 2. The van der Waals surface area contributed by atoms with Crippen molar-refractivity contribution in [2.45, 2.75) is 19.0 Å². The molecular weight excluding hydrogens is 262 g/mol. The molecule has 2 N–H and O–H groups in total. The molecule has 0 spiro atoms. The predicted molar refractivity (Wildman–Crippen MR) is 78.6 cm³/mol. The predicted octanol–water partition coefficient (Wildman–Crippen LogP) is 1.68. The molecule has 0 aliphatic heterocycles. The minimum absolute atomic E-state index is 0.00421. The third-order valence-electron chi connectivity index (χ3n) is 2.75. The second-order valence-electron chi connectivity index (χ2n) is 4.71. The van der Waals surface area contributed by atoms with Crippen LogP contribution in [0, 0.1) is 0 Å². The van der Waals surface area contributed by atoms with Crippen LogP contribution in [0.5, 0.6) is 0 Å². The topological polar surface area (TPSA) is 53.6 Å². The molecule has 2 unspecified atom stereocenters. The second kappa shape index (κ2) is 8.14. The molecule has 0 saturated carbocycles. The number of hydrogen-bond acceptors (Lipinski definition) is 4. The number of thiophene rings is 1. The van der Waals surface area contributed by atoms with E-state index in [9.17, 15) is 4.79 Å². The first-order valence-corrected chi connectivity index (χ1v) is 7.15. The summed E-state index contributed by atoms with van der Waals surface area (Å²) < 4.78 is 4.98. The molecule has 19 heavy (non-hydrogen) atoms. The summed E-state index contributed by atoms with van der Waals surface area (Å²) in [4.78, 5) is 15.1. The molecule has 0 saturated heterocycles. The first-order valence-electron chi connectivity index (χ1n) is 6.27. The molecule has 2 amide bonds. The van der Waals surface area contributed by atoms with Crippen LogP contribution in [0.3, 0.4) is 0 Å². The lowest BCUT2D eigenvalue weighted by molar-refractivity contribution is 0.170. The van der Waals surface area contributed by atoms with Crippen LogP contribution in [-0.4, -0.2) is 51.3 Å². The largest absolute Gasteiger partial charge is 0.383 e. The van der Waals surface area contributed by atoms with Gasteiger partial charge in [0.25, 0.3) is 0 Å². The van der Waals surface area contributed by atoms with E-state index in [1.165, 1.54) is 4.88 Å². The molecule has 1 rings (SSSR count). The van der Waals surface area contributed by atoms with Crippen LogP contribution in [0.25, 0.3) is 0 Å². The second-order valence-corrected chi connectivity index (χ2v) is 5.68. The zero-order chi connectivity index (χ0) is 14.3. The van der Waals surface area contributed by atoms with Gasteiger partial charge in [0.05, 0.1) is 18.7 Å². The maximum Gasteiger partial charge on any atom is 0.315 e. The van der Waals surface area contributed by atoms with Gasteiger partial charge in [-0.05, 0) is 32.5 Å². The molecule has 108 valence electrons. The van der Waals surface area contributed by atoms with E-state index in [1.807, 2.05) is 32.5 Å². The summed E-state index contributed by atoms with van der Waals surface area (Å²) in [5.41, 5.74) is 0. The van der Waals surface area contributed by atoms with Crippen LogP contribution in [-0.2, 0) is 4.74 Å². The lowest BCUT2D eigenvalue weighted by atomic mass is 10.2. The van der Waals surface area contributed by atoms with Crippen molar-refractivity contribution in [3.05, 3.63) is 22.4 Å². The molecule has 6 heteroatoms. The number of rotatable bonds is 7. The summed E-state index contributed by atoms with van der Waals surface area (Å²) in [5.74, 6) is 0. The molecular formula is C13H23N3O2S. The van der Waals surface area contributed by atoms with Crippen molar-refractivity contribution in [1.82, 2.24) is 15.5 Å². The zero-order valence-corrected chi connectivity index (χ0v) is 12.8. The van der Waals surface area contributed by atoms with Crippen LogP contribution < -0.4 is 10.6 Å². The Balaban J connectivity index is 2.42. The molecule has 0 radical (unpaired) electrons. The standard InChI is InChI=1S/C13H23N3O2S/c1-10(9-18-4)15-13(17)14-8-11(16(2)3)12-6-5-7-19-12/h5-7,10-11H,8-9H2,1-4H3,(H2,14,15,17). The average Bonchev–Trinajstić information content (AvgIpc) is 2.82. The van der Waals surface area contributed by atoms with Crippen molar-refractivity contribution in [2.75, 3.05) is 34.4 Å². The van der Waals surface area contributed by atoms with Crippen molar-refractivity contribution in [3.63, 3.8) is 0 Å². The summed E-state index contributed by atoms with van der Waals surface area (Å²) in [7, 11) is 5.64. The molecule has 0 bridgehead atoms. The minimum Gasteiger partial charge on any atom is -0.383 e. The lowest BCUT2D eigenvalue weighted by Crippen LogP contribution is -2.45. The first-order chi connectivity index (χ1) is 9.04. The Labute approximate surface area is 118 Å².